The number of rotatable bonds is 3. The number of halogens is 2. The number of nitrogens with zero attached hydrogens (tertiary/aromatic N) is 2. The summed E-state index contributed by atoms with van der Waals surface area (Å²) in [6.07, 6.45) is 12.1. The molecule has 0 aliphatic heterocycles. The van der Waals surface area contributed by atoms with Gasteiger partial charge >= 0.3 is 6.01 Å². The highest BCUT2D eigenvalue weighted by molar-refractivity contribution is 6.05. The molecule has 32 heavy (non-hydrogen) atoms. The maximum absolute atomic E-state index is 15.9. The highest BCUT2D eigenvalue weighted by atomic mass is 19.1. The number of terminal acetylenes is 1. The number of benzene rings is 3. The molecule has 4 nitrogen and oxygen atoms in total. The number of ether oxygens (including phenoxy) is 1. The van der Waals surface area contributed by atoms with Crippen molar-refractivity contribution >= 4 is 27.2 Å². The standard InChI is InChI=1S/C26H18F2N2O2/c1-3-17-22(27)9-8-15-10-16(31)11-19(23(15)17)20-12-18(14-6-4-5-7-14)21-13-29-26(32-2)30-25(21)24(20)28/h1,6,8-13,31H,4-5,7H2,2H3. The van der Waals surface area contributed by atoms with Crippen LogP contribution in [0.5, 0.6) is 11.8 Å². The zero-order valence-electron chi connectivity index (χ0n) is 17.2. The lowest BCUT2D eigenvalue weighted by Crippen LogP contribution is -2.00. The van der Waals surface area contributed by atoms with Crippen LogP contribution in [0, 0.1) is 24.0 Å². The number of hydrogen-bond donors (Lipinski definition) is 1. The van der Waals surface area contributed by atoms with Gasteiger partial charge in [0.15, 0.2) is 5.82 Å². The SMILES string of the molecule is C#Cc1c(F)ccc2cc(O)cc(-c3cc(C4=CCCC4)c4cnc(OC)nc4c3F)c12. The van der Waals surface area contributed by atoms with Crippen molar-refractivity contribution in [1.29, 1.82) is 0 Å². The first-order chi connectivity index (χ1) is 15.5. The van der Waals surface area contributed by atoms with Crippen LogP contribution in [0.4, 0.5) is 8.78 Å². The second kappa shape index (κ2) is 7.61. The summed E-state index contributed by atoms with van der Waals surface area (Å²) in [6.45, 7) is 0. The first kappa shape index (κ1) is 20.0. The predicted molar refractivity (Wildman–Crippen MR) is 120 cm³/mol. The molecule has 1 aliphatic carbocycles. The average Bonchev–Trinajstić information content (AvgIpc) is 3.33. The Kier molecular flexibility index (Phi) is 4.75. The molecule has 3 aromatic carbocycles. The summed E-state index contributed by atoms with van der Waals surface area (Å²) in [4.78, 5) is 8.42. The Morgan fingerprint density at radius 3 is 2.69 bits per heavy atom. The van der Waals surface area contributed by atoms with Crippen LogP contribution >= 0.6 is 0 Å². The molecular weight excluding hydrogens is 410 g/mol. The van der Waals surface area contributed by atoms with Crippen LogP contribution in [0.15, 0.2) is 42.6 Å². The summed E-state index contributed by atoms with van der Waals surface area (Å²) in [5.41, 5.74) is 2.43. The molecule has 0 atom stereocenters. The average molecular weight is 428 g/mol. The molecule has 0 spiro atoms. The lowest BCUT2D eigenvalue weighted by Gasteiger charge is -2.16. The van der Waals surface area contributed by atoms with E-state index in [1.807, 2.05) is 0 Å². The molecule has 0 amide bonds. The van der Waals surface area contributed by atoms with E-state index >= 15 is 4.39 Å². The van der Waals surface area contributed by atoms with E-state index < -0.39 is 11.6 Å². The van der Waals surface area contributed by atoms with Crippen LogP contribution in [0.2, 0.25) is 0 Å². The zero-order valence-corrected chi connectivity index (χ0v) is 17.2. The number of fused-ring (bicyclic) bond motifs is 2. The van der Waals surface area contributed by atoms with E-state index in [2.05, 4.69) is 22.0 Å². The van der Waals surface area contributed by atoms with Gasteiger partial charge in [0.05, 0.1) is 12.7 Å². The van der Waals surface area contributed by atoms with Gasteiger partial charge in [-0.25, -0.2) is 13.8 Å². The predicted octanol–water partition coefficient (Wildman–Crippen LogP) is 5.99. The number of allylic oxidation sites excluding steroid dienone is 2. The lowest BCUT2D eigenvalue weighted by atomic mass is 9.90. The van der Waals surface area contributed by atoms with Crippen molar-refractivity contribution in [2.75, 3.05) is 7.11 Å². The molecule has 1 aliphatic rings. The lowest BCUT2D eigenvalue weighted by molar-refractivity contribution is 0.381. The highest BCUT2D eigenvalue weighted by Crippen LogP contribution is 2.42. The Bertz CT molecular complexity index is 1490. The van der Waals surface area contributed by atoms with E-state index in [9.17, 15) is 9.50 Å². The van der Waals surface area contributed by atoms with E-state index in [0.29, 0.717) is 21.7 Å². The highest BCUT2D eigenvalue weighted by Gasteiger charge is 2.22. The topological polar surface area (TPSA) is 55.2 Å². The van der Waals surface area contributed by atoms with Crippen molar-refractivity contribution in [3.8, 4) is 35.2 Å². The van der Waals surface area contributed by atoms with Gasteiger partial charge < -0.3 is 9.84 Å². The number of hydrogen-bond acceptors (Lipinski definition) is 4. The van der Waals surface area contributed by atoms with Gasteiger partial charge in [-0.1, -0.05) is 18.1 Å². The van der Waals surface area contributed by atoms with Crippen LogP contribution in [-0.4, -0.2) is 22.2 Å². The van der Waals surface area contributed by atoms with Crippen molar-refractivity contribution in [2.45, 2.75) is 19.3 Å². The van der Waals surface area contributed by atoms with E-state index in [1.54, 1.807) is 12.3 Å². The summed E-state index contributed by atoms with van der Waals surface area (Å²) in [6, 6.07) is 7.38. The van der Waals surface area contributed by atoms with Gasteiger partial charge in [0, 0.05) is 22.5 Å². The van der Waals surface area contributed by atoms with Crippen molar-refractivity contribution in [2.24, 2.45) is 0 Å². The van der Waals surface area contributed by atoms with Crippen molar-refractivity contribution < 1.29 is 18.6 Å². The summed E-state index contributed by atoms with van der Waals surface area (Å²) in [5.74, 6) is 1.09. The van der Waals surface area contributed by atoms with Crippen LogP contribution < -0.4 is 4.74 Å². The Morgan fingerprint density at radius 2 is 1.97 bits per heavy atom. The molecule has 6 heteroatoms. The third-order valence-electron chi connectivity index (χ3n) is 5.85. The molecule has 158 valence electrons. The molecule has 0 bridgehead atoms. The van der Waals surface area contributed by atoms with Crippen LogP contribution in [0.25, 0.3) is 38.4 Å². The molecule has 0 unspecified atom stereocenters. The fourth-order valence-corrected chi connectivity index (χ4v) is 4.40. The Hall–Kier alpha value is -3.98. The summed E-state index contributed by atoms with van der Waals surface area (Å²) < 4.78 is 35.6. The smallest absolute Gasteiger partial charge is 0.316 e. The van der Waals surface area contributed by atoms with Gasteiger partial charge in [0.1, 0.15) is 17.1 Å². The van der Waals surface area contributed by atoms with Crippen molar-refractivity contribution in [1.82, 2.24) is 9.97 Å². The number of phenols is 1. The first-order valence-electron chi connectivity index (χ1n) is 10.2. The summed E-state index contributed by atoms with van der Waals surface area (Å²) in [5, 5.41) is 11.8. The molecule has 1 aromatic heterocycles. The molecule has 0 saturated carbocycles. The molecule has 4 aromatic rings. The quantitative estimate of drug-likeness (QED) is 0.407. The fourth-order valence-electron chi connectivity index (χ4n) is 4.40. The molecule has 0 radical (unpaired) electrons. The molecule has 5 rings (SSSR count). The monoisotopic (exact) mass is 428 g/mol. The Balaban J connectivity index is 1.94. The zero-order chi connectivity index (χ0) is 22.4. The van der Waals surface area contributed by atoms with Gasteiger partial charge in [0.2, 0.25) is 0 Å². The number of aromatic nitrogens is 2. The fraction of sp³-hybridized carbons (Fsp3) is 0.154. The number of aromatic hydroxyl groups is 1. The maximum atomic E-state index is 15.9. The minimum atomic E-state index is -0.623. The Morgan fingerprint density at radius 1 is 1.12 bits per heavy atom. The second-order valence-electron chi connectivity index (χ2n) is 7.68. The van der Waals surface area contributed by atoms with E-state index in [-0.39, 0.29) is 28.4 Å². The van der Waals surface area contributed by atoms with E-state index in [4.69, 9.17) is 11.2 Å². The minimum absolute atomic E-state index is 0.0129. The molecular formula is C26H18F2N2O2. The molecule has 1 heterocycles. The minimum Gasteiger partial charge on any atom is -0.508 e. The third-order valence-corrected chi connectivity index (χ3v) is 5.85. The van der Waals surface area contributed by atoms with Crippen LogP contribution in [0.1, 0.15) is 30.4 Å². The third kappa shape index (κ3) is 3.05. The van der Waals surface area contributed by atoms with Gasteiger partial charge in [-0.05, 0) is 65.6 Å². The Labute approximate surface area is 183 Å². The number of methoxy groups -OCH3 is 1. The van der Waals surface area contributed by atoms with Crippen molar-refractivity contribution in [3.05, 3.63) is 65.4 Å². The molecule has 1 N–H and O–H groups in total. The normalized spacial score (nSPS) is 13.4. The van der Waals surface area contributed by atoms with Crippen LogP contribution in [-0.2, 0) is 0 Å². The molecule has 0 fully saturated rings. The van der Waals surface area contributed by atoms with E-state index in [1.165, 1.54) is 31.4 Å². The van der Waals surface area contributed by atoms with Gasteiger partial charge in [-0.2, -0.15) is 4.98 Å². The summed E-state index contributed by atoms with van der Waals surface area (Å²) >= 11 is 0. The van der Waals surface area contributed by atoms with Gasteiger partial charge in [0.25, 0.3) is 0 Å². The maximum Gasteiger partial charge on any atom is 0.316 e. The number of phenolic OH excluding ortho intramolecular Hbond substituents is 1. The second-order valence-corrected chi connectivity index (χ2v) is 7.68. The molecule has 0 saturated heterocycles. The van der Waals surface area contributed by atoms with Gasteiger partial charge in [-0.3, -0.25) is 0 Å². The van der Waals surface area contributed by atoms with Crippen LogP contribution in [0.3, 0.4) is 0 Å². The summed E-state index contributed by atoms with van der Waals surface area (Å²) in [7, 11) is 1.41. The van der Waals surface area contributed by atoms with Gasteiger partial charge in [-0.15, -0.1) is 6.42 Å². The van der Waals surface area contributed by atoms with E-state index in [0.717, 1.165) is 30.4 Å². The largest absolute Gasteiger partial charge is 0.508 e. The van der Waals surface area contributed by atoms with Crippen molar-refractivity contribution in [3.63, 3.8) is 0 Å². The first-order valence-corrected chi connectivity index (χ1v) is 10.2.